The molecule has 2 heteroatoms. The Kier molecular flexibility index (Phi) is 4.11. The van der Waals surface area contributed by atoms with Crippen LogP contribution in [0, 0.1) is 0 Å². The lowest BCUT2D eigenvalue weighted by Gasteiger charge is -2.29. The Morgan fingerprint density at radius 1 is 0.667 bits per heavy atom. The molecule has 2 atom stereocenters. The minimum absolute atomic E-state index is 0.0177. The van der Waals surface area contributed by atoms with Crippen molar-refractivity contribution in [2.45, 2.75) is 18.6 Å². The summed E-state index contributed by atoms with van der Waals surface area (Å²) in [4.78, 5) is 4.89. The molecule has 3 aromatic rings. The molecule has 0 spiro atoms. The van der Waals surface area contributed by atoms with Crippen LogP contribution in [0.5, 0.6) is 0 Å². The highest BCUT2D eigenvalue weighted by molar-refractivity contribution is 5.94. The third kappa shape index (κ3) is 3.09. The number of benzene rings is 3. The molecule has 0 amide bonds. The molecule has 0 saturated heterocycles. The second-order valence-corrected chi connectivity index (χ2v) is 5.98. The Bertz CT molecular complexity index is 812. The molecule has 0 aromatic heterocycles. The molecule has 1 heterocycles. The summed E-state index contributed by atoms with van der Waals surface area (Å²) in [5, 5.41) is 0. The van der Waals surface area contributed by atoms with Crippen LogP contribution in [0.3, 0.4) is 0 Å². The summed E-state index contributed by atoms with van der Waals surface area (Å²) in [7, 11) is 0. The molecule has 0 radical (unpaired) electrons. The lowest BCUT2D eigenvalue weighted by atomic mass is 9.95. The molecule has 118 valence electrons. The van der Waals surface area contributed by atoms with E-state index in [-0.39, 0.29) is 12.1 Å². The van der Waals surface area contributed by atoms with Gasteiger partial charge in [0.2, 0.25) is 5.90 Å². The Balaban J connectivity index is 1.73. The van der Waals surface area contributed by atoms with Crippen molar-refractivity contribution < 1.29 is 4.74 Å². The minimum Gasteiger partial charge on any atom is -0.469 e. The number of hydrogen-bond acceptors (Lipinski definition) is 2. The standard InChI is InChI=1S/C22H19NO/c1-4-10-17(11-5-1)20-16-21(18-12-6-2-7-13-18)24-22(23-20)19-14-8-3-9-15-19/h1-15,20-21H,16H2. The normalized spacial score (nSPS) is 20.1. The van der Waals surface area contributed by atoms with E-state index in [9.17, 15) is 0 Å². The Morgan fingerprint density at radius 2 is 1.21 bits per heavy atom. The van der Waals surface area contributed by atoms with Crippen LogP contribution in [-0.4, -0.2) is 5.90 Å². The van der Waals surface area contributed by atoms with Gasteiger partial charge in [-0.1, -0.05) is 78.9 Å². The Labute approximate surface area is 142 Å². The lowest BCUT2D eigenvalue weighted by molar-refractivity contribution is 0.152. The molecule has 24 heavy (non-hydrogen) atoms. The first-order valence-corrected chi connectivity index (χ1v) is 8.30. The summed E-state index contributed by atoms with van der Waals surface area (Å²) in [6.07, 6.45) is 0.869. The number of aliphatic imine (C=N–C) groups is 1. The summed E-state index contributed by atoms with van der Waals surface area (Å²) in [6, 6.07) is 31.1. The van der Waals surface area contributed by atoms with Gasteiger partial charge in [-0.15, -0.1) is 0 Å². The molecule has 0 bridgehead atoms. The quantitative estimate of drug-likeness (QED) is 0.640. The highest BCUT2D eigenvalue weighted by atomic mass is 16.5. The van der Waals surface area contributed by atoms with Crippen molar-refractivity contribution in [3.8, 4) is 0 Å². The van der Waals surface area contributed by atoms with Crippen LogP contribution in [0.25, 0.3) is 0 Å². The zero-order chi connectivity index (χ0) is 16.2. The van der Waals surface area contributed by atoms with Gasteiger partial charge in [-0.25, -0.2) is 4.99 Å². The SMILES string of the molecule is c1ccc(C2=NC(c3ccccc3)CC(c3ccccc3)O2)cc1. The van der Waals surface area contributed by atoms with Crippen molar-refractivity contribution in [3.05, 3.63) is 108 Å². The first-order chi connectivity index (χ1) is 11.9. The van der Waals surface area contributed by atoms with Crippen LogP contribution in [-0.2, 0) is 4.74 Å². The summed E-state index contributed by atoms with van der Waals surface area (Å²) in [5.41, 5.74) is 3.45. The van der Waals surface area contributed by atoms with E-state index >= 15 is 0 Å². The monoisotopic (exact) mass is 313 g/mol. The zero-order valence-corrected chi connectivity index (χ0v) is 13.4. The van der Waals surface area contributed by atoms with Gasteiger partial charge in [0.1, 0.15) is 6.10 Å². The highest BCUT2D eigenvalue weighted by Crippen LogP contribution is 2.36. The Hall–Kier alpha value is -2.87. The second-order valence-electron chi connectivity index (χ2n) is 5.98. The van der Waals surface area contributed by atoms with Crippen LogP contribution >= 0.6 is 0 Å². The van der Waals surface area contributed by atoms with Crippen LogP contribution in [0.15, 0.2) is 96.0 Å². The van der Waals surface area contributed by atoms with Gasteiger partial charge in [0, 0.05) is 12.0 Å². The van der Waals surface area contributed by atoms with E-state index in [0.29, 0.717) is 0 Å². The van der Waals surface area contributed by atoms with Crippen LogP contribution in [0.4, 0.5) is 0 Å². The average Bonchev–Trinajstić information content (AvgIpc) is 2.70. The first kappa shape index (κ1) is 14.7. The third-order valence-electron chi connectivity index (χ3n) is 4.34. The van der Waals surface area contributed by atoms with Crippen LogP contribution in [0.1, 0.15) is 35.3 Å². The molecule has 0 fully saturated rings. The van der Waals surface area contributed by atoms with Crippen molar-refractivity contribution in [2.75, 3.05) is 0 Å². The molecule has 0 N–H and O–H groups in total. The number of hydrogen-bond donors (Lipinski definition) is 0. The zero-order valence-electron chi connectivity index (χ0n) is 13.4. The molecular weight excluding hydrogens is 294 g/mol. The number of nitrogens with zero attached hydrogens (tertiary/aromatic N) is 1. The van der Waals surface area contributed by atoms with E-state index in [4.69, 9.17) is 9.73 Å². The van der Waals surface area contributed by atoms with Crippen molar-refractivity contribution in [1.29, 1.82) is 0 Å². The number of rotatable bonds is 3. The van der Waals surface area contributed by atoms with Crippen molar-refractivity contribution >= 4 is 5.90 Å². The predicted molar refractivity (Wildman–Crippen MR) is 97.0 cm³/mol. The average molecular weight is 313 g/mol. The van der Waals surface area contributed by atoms with Gasteiger partial charge in [0.25, 0.3) is 0 Å². The van der Waals surface area contributed by atoms with E-state index in [1.165, 1.54) is 11.1 Å². The molecule has 0 aliphatic carbocycles. The molecule has 1 aliphatic heterocycles. The summed E-state index contributed by atoms with van der Waals surface area (Å²) in [6.45, 7) is 0. The van der Waals surface area contributed by atoms with Crippen molar-refractivity contribution in [3.63, 3.8) is 0 Å². The summed E-state index contributed by atoms with van der Waals surface area (Å²) < 4.78 is 6.26. The van der Waals surface area contributed by atoms with Gasteiger partial charge in [-0.05, 0) is 23.3 Å². The van der Waals surface area contributed by atoms with Gasteiger partial charge < -0.3 is 4.74 Å². The maximum absolute atomic E-state index is 6.26. The number of ether oxygens (including phenoxy) is 1. The largest absolute Gasteiger partial charge is 0.469 e. The lowest BCUT2D eigenvalue weighted by Crippen LogP contribution is -2.21. The van der Waals surface area contributed by atoms with E-state index < -0.39 is 0 Å². The molecule has 4 rings (SSSR count). The summed E-state index contributed by atoms with van der Waals surface area (Å²) >= 11 is 0. The fraction of sp³-hybridized carbons (Fsp3) is 0.136. The van der Waals surface area contributed by atoms with Crippen LogP contribution < -0.4 is 0 Å². The highest BCUT2D eigenvalue weighted by Gasteiger charge is 2.27. The van der Waals surface area contributed by atoms with Gasteiger partial charge in [0.15, 0.2) is 0 Å². The molecule has 2 nitrogen and oxygen atoms in total. The van der Waals surface area contributed by atoms with Gasteiger partial charge in [-0.2, -0.15) is 0 Å². The van der Waals surface area contributed by atoms with Crippen LogP contribution in [0.2, 0.25) is 0 Å². The second kappa shape index (κ2) is 6.71. The molecule has 2 unspecified atom stereocenters. The maximum atomic E-state index is 6.26. The third-order valence-corrected chi connectivity index (χ3v) is 4.34. The summed E-state index contributed by atoms with van der Waals surface area (Å²) in [5.74, 6) is 0.726. The molecule has 3 aromatic carbocycles. The van der Waals surface area contributed by atoms with E-state index in [2.05, 4.69) is 48.5 Å². The van der Waals surface area contributed by atoms with Gasteiger partial charge in [0.05, 0.1) is 6.04 Å². The van der Waals surface area contributed by atoms with Gasteiger partial charge >= 0.3 is 0 Å². The molecule has 0 saturated carbocycles. The van der Waals surface area contributed by atoms with E-state index in [0.717, 1.165) is 17.9 Å². The van der Waals surface area contributed by atoms with Crippen molar-refractivity contribution in [1.82, 2.24) is 0 Å². The fourth-order valence-electron chi connectivity index (χ4n) is 3.09. The Morgan fingerprint density at radius 3 is 1.83 bits per heavy atom. The first-order valence-electron chi connectivity index (χ1n) is 8.30. The fourth-order valence-corrected chi connectivity index (χ4v) is 3.09. The predicted octanol–water partition coefficient (Wildman–Crippen LogP) is 5.34. The van der Waals surface area contributed by atoms with Gasteiger partial charge in [-0.3, -0.25) is 0 Å². The topological polar surface area (TPSA) is 21.6 Å². The van der Waals surface area contributed by atoms with E-state index in [1.807, 2.05) is 42.5 Å². The molecule has 1 aliphatic rings. The van der Waals surface area contributed by atoms with Crippen molar-refractivity contribution in [2.24, 2.45) is 4.99 Å². The molecular formula is C22H19NO. The maximum Gasteiger partial charge on any atom is 0.217 e. The minimum atomic E-state index is 0.0177. The van der Waals surface area contributed by atoms with E-state index in [1.54, 1.807) is 0 Å². The smallest absolute Gasteiger partial charge is 0.217 e.